The van der Waals surface area contributed by atoms with Crippen LogP contribution >= 0.6 is 0 Å². The maximum atomic E-state index is 11.8. The van der Waals surface area contributed by atoms with Crippen molar-refractivity contribution in [2.75, 3.05) is 0 Å². The molecular weight excluding hydrogens is 242 g/mol. The topological polar surface area (TPSA) is 29.4 Å². The van der Waals surface area contributed by atoms with Crippen LogP contribution in [-0.4, -0.2) is 15.2 Å². The van der Waals surface area contributed by atoms with Crippen LogP contribution in [0.25, 0.3) is 10.8 Å². The van der Waals surface area contributed by atoms with Gasteiger partial charge in [-0.15, -0.1) is 0 Å². The van der Waals surface area contributed by atoms with Crippen LogP contribution in [-0.2, 0) is 11.0 Å². The van der Waals surface area contributed by atoms with Crippen LogP contribution in [0.5, 0.6) is 0 Å². The minimum absolute atomic E-state index is 0.312. The van der Waals surface area contributed by atoms with Crippen molar-refractivity contribution in [1.82, 2.24) is 0 Å². The van der Waals surface area contributed by atoms with Gasteiger partial charge in [0.1, 0.15) is 11.0 Å². The molecular formula is C15H17NOS. The molecule has 0 amide bonds. The highest BCUT2D eigenvalue weighted by Crippen LogP contribution is 2.16. The van der Waals surface area contributed by atoms with Crippen molar-refractivity contribution in [2.24, 2.45) is 4.40 Å². The maximum absolute atomic E-state index is 11.8. The summed E-state index contributed by atoms with van der Waals surface area (Å²) in [5, 5.41) is 2.37. The van der Waals surface area contributed by atoms with Gasteiger partial charge < -0.3 is 0 Å². The summed E-state index contributed by atoms with van der Waals surface area (Å²) in [7, 11) is -1.20. The van der Waals surface area contributed by atoms with Gasteiger partial charge in [-0.2, -0.15) is 4.40 Å². The van der Waals surface area contributed by atoms with Crippen LogP contribution < -0.4 is 0 Å². The number of fused-ring (bicyclic) bond motifs is 1. The first-order chi connectivity index (χ1) is 8.47. The highest BCUT2D eigenvalue weighted by atomic mass is 32.2. The van der Waals surface area contributed by atoms with Crippen molar-refractivity contribution in [3.05, 3.63) is 48.0 Å². The smallest absolute Gasteiger partial charge is 0.144 e. The predicted molar refractivity (Wildman–Crippen MR) is 79.4 cm³/mol. The molecule has 0 aliphatic carbocycles. The third kappa shape index (κ3) is 3.05. The summed E-state index contributed by atoms with van der Waals surface area (Å²) in [5.74, 6) is 0. The SMILES string of the molecule is CC(C)(C)S(=O)N=Cc1ccc2ccccc2c1. The lowest BCUT2D eigenvalue weighted by atomic mass is 10.1. The lowest BCUT2D eigenvalue weighted by Gasteiger charge is -2.12. The summed E-state index contributed by atoms with van der Waals surface area (Å²) in [6, 6.07) is 14.3. The van der Waals surface area contributed by atoms with Crippen molar-refractivity contribution in [3.8, 4) is 0 Å². The highest BCUT2D eigenvalue weighted by Gasteiger charge is 2.17. The van der Waals surface area contributed by atoms with Crippen LogP contribution in [0.1, 0.15) is 26.3 Å². The predicted octanol–water partition coefficient (Wildman–Crippen LogP) is 3.72. The van der Waals surface area contributed by atoms with E-state index in [1.165, 1.54) is 10.8 Å². The summed E-state index contributed by atoms with van der Waals surface area (Å²) in [6.07, 6.45) is 1.69. The molecule has 2 rings (SSSR count). The van der Waals surface area contributed by atoms with Gasteiger partial charge in [0.05, 0.1) is 4.75 Å². The summed E-state index contributed by atoms with van der Waals surface area (Å²) in [5.41, 5.74) is 0.978. The Hall–Kier alpha value is -1.48. The van der Waals surface area contributed by atoms with Gasteiger partial charge >= 0.3 is 0 Å². The molecule has 1 unspecified atom stereocenters. The molecule has 94 valence electrons. The van der Waals surface area contributed by atoms with E-state index < -0.39 is 11.0 Å². The van der Waals surface area contributed by atoms with Gasteiger partial charge in [-0.05, 0) is 43.2 Å². The van der Waals surface area contributed by atoms with Gasteiger partial charge in [0.15, 0.2) is 0 Å². The monoisotopic (exact) mass is 259 g/mol. The van der Waals surface area contributed by atoms with Gasteiger partial charge in [-0.1, -0.05) is 36.4 Å². The molecule has 0 aromatic heterocycles. The van der Waals surface area contributed by atoms with E-state index in [4.69, 9.17) is 0 Å². The summed E-state index contributed by atoms with van der Waals surface area (Å²) >= 11 is 0. The molecule has 0 aliphatic heterocycles. The molecule has 1 atom stereocenters. The highest BCUT2D eigenvalue weighted by molar-refractivity contribution is 7.85. The van der Waals surface area contributed by atoms with Gasteiger partial charge in [0.2, 0.25) is 0 Å². The molecule has 0 bridgehead atoms. The van der Waals surface area contributed by atoms with Crippen LogP contribution in [0.4, 0.5) is 0 Å². The van der Waals surface area contributed by atoms with Crippen molar-refractivity contribution >= 4 is 28.0 Å². The van der Waals surface area contributed by atoms with Gasteiger partial charge in [-0.3, -0.25) is 0 Å². The van der Waals surface area contributed by atoms with E-state index in [1.807, 2.05) is 39.0 Å². The zero-order chi connectivity index (χ0) is 13.2. The first-order valence-corrected chi connectivity index (χ1v) is 7.02. The Morgan fingerprint density at radius 2 is 1.72 bits per heavy atom. The second kappa shape index (κ2) is 5.02. The zero-order valence-electron chi connectivity index (χ0n) is 10.9. The molecule has 2 nitrogen and oxygen atoms in total. The van der Waals surface area contributed by atoms with E-state index in [9.17, 15) is 4.21 Å². The molecule has 2 aromatic rings. The summed E-state index contributed by atoms with van der Waals surface area (Å²) in [4.78, 5) is 0. The molecule has 0 heterocycles. The van der Waals surface area contributed by atoms with Crippen LogP contribution in [0.3, 0.4) is 0 Å². The normalized spacial score (nSPS) is 14.2. The fourth-order valence-corrected chi connectivity index (χ4v) is 2.09. The lowest BCUT2D eigenvalue weighted by Crippen LogP contribution is -2.19. The van der Waals surface area contributed by atoms with Gasteiger partial charge in [-0.25, -0.2) is 4.21 Å². The molecule has 0 spiro atoms. The molecule has 3 heteroatoms. The van der Waals surface area contributed by atoms with E-state index in [1.54, 1.807) is 6.21 Å². The Morgan fingerprint density at radius 1 is 1.06 bits per heavy atom. The van der Waals surface area contributed by atoms with Gasteiger partial charge in [0, 0.05) is 6.21 Å². The molecule has 0 fully saturated rings. The molecule has 0 aliphatic rings. The lowest BCUT2D eigenvalue weighted by molar-refractivity contribution is 0.651. The largest absolute Gasteiger partial charge is 0.234 e. The molecule has 2 aromatic carbocycles. The Labute approximate surface area is 110 Å². The van der Waals surface area contributed by atoms with Gasteiger partial charge in [0.25, 0.3) is 0 Å². The Balaban J connectivity index is 2.27. The van der Waals surface area contributed by atoms with Crippen LogP contribution in [0.2, 0.25) is 0 Å². The minimum Gasteiger partial charge on any atom is -0.234 e. The maximum Gasteiger partial charge on any atom is 0.144 e. The number of hydrogen-bond donors (Lipinski definition) is 0. The zero-order valence-corrected chi connectivity index (χ0v) is 11.7. The third-order valence-electron chi connectivity index (χ3n) is 2.59. The van der Waals surface area contributed by atoms with E-state index >= 15 is 0 Å². The number of benzene rings is 2. The third-order valence-corrected chi connectivity index (χ3v) is 3.94. The van der Waals surface area contributed by atoms with Crippen molar-refractivity contribution in [3.63, 3.8) is 0 Å². The van der Waals surface area contributed by atoms with Crippen molar-refractivity contribution in [2.45, 2.75) is 25.5 Å². The standard InChI is InChI=1S/C15H17NOS/c1-15(2,3)18(17)16-11-12-8-9-13-6-4-5-7-14(13)10-12/h4-11H,1-3H3. The number of nitrogens with zero attached hydrogens (tertiary/aromatic N) is 1. The van der Waals surface area contributed by atoms with E-state index in [2.05, 4.69) is 28.7 Å². The molecule has 0 saturated heterocycles. The first-order valence-electron chi connectivity index (χ1n) is 5.92. The second-order valence-electron chi connectivity index (χ2n) is 5.20. The van der Waals surface area contributed by atoms with Crippen LogP contribution in [0, 0.1) is 0 Å². The van der Waals surface area contributed by atoms with Crippen molar-refractivity contribution < 1.29 is 4.21 Å². The quantitative estimate of drug-likeness (QED) is 0.756. The molecule has 0 N–H and O–H groups in total. The van der Waals surface area contributed by atoms with E-state index in [0.29, 0.717) is 0 Å². The average molecular weight is 259 g/mol. The molecule has 18 heavy (non-hydrogen) atoms. The van der Waals surface area contributed by atoms with E-state index in [0.717, 1.165) is 5.56 Å². The number of rotatable bonds is 2. The Kier molecular flexibility index (Phi) is 3.62. The Bertz CT molecular complexity index is 611. The molecule has 0 radical (unpaired) electrons. The van der Waals surface area contributed by atoms with E-state index in [-0.39, 0.29) is 4.75 Å². The minimum atomic E-state index is -1.20. The van der Waals surface area contributed by atoms with Crippen LogP contribution in [0.15, 0.2) is 46.9 Å². The average Bonchev–Trinajstić information content (AvgIpc) is 2.34. The van der Waals surface area contributed by atoms with Crippen molar-refractivity contribution in [1.29, 1.82) is 0 Å². The Morgan fingerprint density at radius 3 is 2.39 bits per heavy atom. The molecule has 0 saturated carbocycles. The fourth-order valence-electron chi connectivity index (χ4n) is 1.55. The fraction of sp³-hybridized carbons (Fsp3) is 0.267. The second-order valence-corrected chi connectivity index (χ2v) is 7.14. The number of hydrogen-bond acceptors (Lipinski definition) is 1. The first kappa shape index (κ1) is 13.0. The summed E-state index contributed by atoms with van der Waals surface area (Å²) in [6.45, 7) is 5.75. The summed E-state index contributed by atoms with van der Waals surface area (Å²) < 4.78 is 15.6.